The van der Waals surface area contributed by atoms with E-state index in [1.807, 2.05) is 84.4 Å². The van der Waals surface area contributed by atoms with Crippen LogP contribution in [-0.4, -0.2) is 17.0 Å². The molecule has 0 atom stereocenters. The SMILES string of the molecule is Cn1c(C=NOc2ccccc2)ccc1/C=N/Oc1ccccc1. The molecule has 0 amide bonds. The summed E-state index contributed by atoms with van der Waals surface area (Å²) in [4.78, 5) is 10.6. The summed E-state index contributed by atoms with van der Waals surface area (Å²) in [7, 11) is 1.92. The number of hydrogen-bond acceptors (Lipinski definition) is 4. The van der Waals surface area contributed by atoms with Crippen molar-refractivity contribution >= 4 is 12.4 Å². The van der Waals surface area contributed by atoms with Crippen molar-refractivity contribution in [2.24, 2.45) is 17.4 Å². The van der Waals surface area contributed by atoms with Crippen LogP contribution < -0.4 is 9.68 Å². The zero-order chi connectivity index (χ0) is 16.6. The third-order valence-electron chi connectivity index (χ3n) is 3.37. The zero-order valence-corrected chi connectivity index (χ0v) is 13.2. The molecule has 5 nitrogen and oxygen atoms in total. The van der Waals surface area contributed by atoms with Gasteiger partial charge in [-0.15, -0.1) is 0 Å². The summed E-state index contributed by atoms with van der Waals surface area (Å²) in [6.45, 7) is 0. The highest BCUT2D eigenvalue weighted by Gasteiger charge is 2.01. The predicted octanol–water partition coefficient (Wildman–Crippen LogP) is 3.85. The van der Waals surface area contributed by atoms with Gasteiger partial charge in [-0.05, 0) is 36.4 Å². The average Bonchev–Trinajstić information content (AvgIpc) is 2.97. The Bertz CT molecular complexity index is 755. The van der Waals surface area contributed by atoms with Gasteiger partial charge in [0.15, 0.2) is 11.5 Å². The summed E-state index contributed by atoms with van der Waals surface area (Å²) in [6.07, 6.45) is 3.31. The lowest BCUT2D eigenvalue weighted by Crippen LogP contribution is -2.01. The number of benzene rings is 2. The van der Waals surface area contributed by atoms with Crippen LogP contribution in [0.25, 0.3) is 0 Å². The summed E-state index contributed by atoms with van der Waals surface area (Å²) in [5, 5.41) is 7.98. The van der Waals surface area contributed by atoms with E-state index in [0.717, 1.165) is 11.4 Å². The molecule has 3 rings (SSSR count). The molecule has 0 aliphatic rings. The first kappa shape index (κ1) is 15.6. The number of oxime groups is 2. The van der Waals surface area contributed by atoms with Crippen LogP contribution in [0.3, 0.4) is 0 Å². The Morgan fingerprint density at radius 1 is 0.667 bits per heavy atom. The van der Waals surface area contributed by atoms with Crippen molar-refractivity contribution < 1.29 is 9.68 Å². The Morgan fingerprint density at radius 3 is 1.50 bits per heavy atom. The summed E-state index contributed by atoms with van der Waals surface area (Å²) >= 11 is 0. The maximum absolute atomic E-state index is 5.31. The molecule has 0 saturated carbocycles. The Balaban J connectivity index is 1.61. The molecule has 0 N–H and O–H groups in total. The summed E-state index contributed by atoms with van der Waals surface area (Å²) in [6, 6.07) is 22.7. The van der Waals surface area contributed by atoms with Crippen LogP contribution in [0.2, 0.25) is 0 Å². The molecule has 0 saturated heterocycles. The van der Waals surface area contributed by atoms with E-state index in [0.29, 0.717) is 11.5 Å². The van der Waals surface area contributed by atoms with Gasteiger partial charge >= 0.3 is 0 Å². The molecule has 3 aromatic rings. The van der Waals surface area contributed by atoms with E-state index < -0.39 is 0 Å². The van der Waals surface area contributed by atoms with Gasteiger partial charge in [0.2, 0.25) is 0 Å². The first-order chi connectivity index (χ1) is 11.8. The molecule has 5 heteroatoms. The van der Waals surface area contributed by atoms with E-state index in [2.05, 4.69) is 10.3 Å². The number of hydrogen-bond donors (Lipinski definition) is 0. The van der Waals surface area contributed by atoms with Crippen LogP contribution in [0.4, 0.5) is 0 Å². The minimum atomic E-state index is 0.695. The van der Waals surface area contributed by atoms with E-state index >= 15 is 0 Å². The Morgan fingerprint density at radius 2 is 1.08 bits per heavy atom. The summed E-state index contributed by atoms with van der Waals surface area (Å²) < 4.78 is 1.94. The average molecular weight is 319 g/mol. The lowest BCUT2D eigenvalue weighted by molar-refractivity contribution is 0.343. The second-order valence-corrected chi connectivity index (χ2v) is 5.02. The van der Waals surface area contributed by atoms with Gasteiger partial charge in [-0.1, -0.05) is 46.7 Å². The fourth-order valence-electron chi connectivity index (χ4n) is 2.05. The molecule has 0 aliphatic heterocycles. The third kappa shape index (κ3) is 4.10. The zero-order valence-electron chi connectivity index (χ0n) is 13.2. The largest absolute Gasteiger partial charge is 0.357 e. The lowest BCUT2D eigenvalue weighted by Gasteiger charge is -2.01. The molecule has 1 aromatic heterocycles. The van der Waals surface area contributed by atoms with Gasteiger partial charge in [-0.25, -0.2) is 0 Å². The van der Waals surface area contributed by atoms with Gasteiger partial charge in [0.1, 0.15) is 0 Å². The highest BCUT2D eigenvalue weighted by Crippen LogP contribution is 2.10. The highest BCUT2D eigenvalue weighted by molar-refractivity contribution is 5.83. The van der Waals surface area contributed by atoms with Crippen LogP contribution in [0.5, 0.6) is 11.5 Å². The van der Waals surface area contributed by atoms with Gasteiger partial charge in [0.25, 0.3) is 0 Å². The van der Waals surface area contributed by atoms with E-state index in [1.165, 1.54) is 0 Å². The summed E-state index contributed by atoms with van der Waals surface area (Å²) in [5.41, 5.74) is 1.79. The van der Waals surface area contributed by atoms with Crippen LogP contribution in [0.1, 0.15) is 11.4 Å². The number of aromatic nitrogens is 1. The molecule has 1 heterocycles. The molecule has 120 valence electrons. The van der Waals surface area contributed by atoms with Gasteiger partial charge < -0.3 is 14.2 Å². The van der Waals surface area contributed by atoms with Crippen LogP contribution in [-0.2, 0) is 7.05 Å². The predicted molar refractivity (Wildman–Crippen MR) is 94.7 cm³/mol. The molecule has 2 aromatic carbocycles. The van der Waals surface area contributed by atoms with Gasteiger partial charge in [-0.3, -0.25) is 0 Å². The maximum atomic E-state index is 5.31. The van der Waals surface area contributed by atoms with Gasteiger partial charge in [-0.2, -0.15) is 0 Å². The van der Waals surface area contributed by atoms with Crippen LogP contribution in [0.15, 0.2) is 83.1 Å². The first-order valence-electron chi connectivity index (χ1n) is 7.49. The van der Waals surface area contributed by atoms with Crippen LogP contribution >= 0.6 is 0 Å². The molecule has 0 aliphatic carbocycles. The van der Waals surface area contributed by atoms with E-state index in [9.17, 15) is 0 Å². The molecule has 0 bridgehead atoms. The molecule has 0 fully saturated rings. The van der Waals surface area contributed by atoms with Crippen molar-refractivity contribution in [3.05, 3.63) is 84.2 Å². The minimum absolute atomic E-state index is 0.695. The fraction of sp³-hybridized carbons (Fsp3) is 0.0526. The van der Waals surface area contributed by atoms with Crippen molar-refractivity contribution in [3.63, 3.8) is 0 Å². The van der Waals surface area contributed by atoms with Crippen molar-refractivity contribution in [3.8, 4) is 11.5 Å². The monoisotopic (exact) mass is 319 g/mol. The topological polar surface area (TPSA) is 48.1 Å². The molecular formula is C19H17N3O2. The maximum Gasteiger partial charge on any atom is 0.157 e. The lowest BCUT2D eigenvalue weighted by atomic mass is 10.3. The number of nitrogens with zero attached hydrogens (tertiary/aromatic N) is 3. The molecular weight excluding hydrogens is 302 g/mol. The smallest absolute Gasteiger partial charge is 0.157 e. The standard InChI is InChI=1S/C19H17N3O2/c1-22-16(14-20-23-18-8-4-2-5-9-18)12-13-17(22)15-21-24-19-10-6-3-7-11-19/h2-15H,1H3/b20-14+,21-15?. The van der Waals surface area contributed by atoms with Crippen molar-refractivity contribution in [2.75, 3.05) is 0 Å². The first-order valence-corrected chi connectivity index (χ1v) is 7.49. The Hall–Kier alpha value is -3.34. The molecule has 0 unspecified atom stereocenters. The highest BCUT2D eigenvalue weighted by atomic mass is 16.6. The Labute approximate surface area is 140 Å². The molecule has 24 heavy (non-hydrogen) atoms. The van der Waals surface area contributed by atoms with Crippen molar-refractivity contribution in [2.45, 2.75) is 0 Å². The minimum Gasteiger partial charge on any atom is -0.357 e. The van der Waals surface area contributed by atoms with E-state index in [4.69, 9.17) is 9.68 Å². The normalized spacial score (nSPS) is 11.2. The van der Waals surface area contributed by atoms with Crippen LogP contribution in [0, 0.1) is 0 Å². The molecule has 0 radical (unpaired) electrons. The Kier molecular flexibility index (Phi) is 5.04. The van der Waals surface area contributed by atoms with Crippen molar-refractivity contribution in [1.82, 2.24) is 4.57 Å². The second-order valence-electron chi connectivity index (χ2n) is 5.02. The number of rotatable bonds is 6. The van der Waals surface area contributed by atoms with Gasteiger partial charge in [0.05, 0.1) is 23.8 Å². The van der Waals surface area contributed by atoms with Gasteiger partial charge in [0, 0.05) is 7.05 Å². The quantitative estimate of drug-likeness (QED) is 0.512. The van der Waals surface area contributed by atoms with E-state index in [1.54, 1.807) is 12.4 Å². The fourth-order valence-corrected chi connectivity index (χ4v) is 2.05. The summed E-state index contributed by atoms with van der Waals surface area (Å²) in [5.74, 6) is 1.39. The molecule has 0 spiro atoms. The van der Waals surface area contributed by atoms with E-state index in [-0.39, 0.29) is 0 Å². The second kappa shape index (κ2) is 7.78. The number of para-hydroxylation sites is 2. The van der Waals surface area contributed by atoms with Crippen molar-refractivity contribution in [1.29, 1.82) is 0 Å². The third-order valence-corrected chi connectivity index (χ3v) is 3.37.